The highest BCUT2D eigenvalue weighted by atomic mass is 16.5. The zero-order valence-corrected chi connectivity index (χ0v) is 21.3. The van der Waals surface area contributed by atoms with Gasteiger partial charge in [-0.1, -0.05) is 38.0 Å². The lowest BCUT2D eigenvalue weighted by Gasteiger charge is -2.38. The number of hydrogen-bond donors (Lipinski definition) is 0. The highest BCUT2D eigenvalue weighted by Crippen LogP contribution is 2.48. The lowest BCUT2D eigenvalue weighted by atomic mass is 9.96. The summed E-state index contributed by atoms with van der Waals surface area (Å²) >= 11 is 0. The van der Waals surface area contributed by atoms with Crippen LogP contribution in [0.3, 0.4) is 0 Å². The summed E-state index contributed by atoms with van der Waals surface area (Å²) in [5.41, 5.74) is 4.26. The number of hydrogen-bond acceptors (Lipinski definition) is 6. The zero-order chi connectivity index (χ0) is 24.9. The molecule has 2 aliphatic rings. The Balaban J connectivity index is 1.45. The molecule has 6 nitrogen and oxygen atoms in total. The van der Waals surface area contributed by atoms with Crippen LogP contribution in [0, 0.1) is 0 Å². The molecule has 2 aliphatic heterocycles. The van der Waals surface area contributed by atoms with E-state index in [-0.39, 0.29) is 12.3 Å². The molecule has 3 aromatic rings. The van der Waals surface area contributed by atoms with Crippen molar-refractivity contribution in [3.63, 3.8) is 0 Å². The van der Waals surface area contributed by atoms with E-state index in [0.29, 0.717) is 19.0 Å². The molecule has 3 aromatic carbocycles. The predicted octanol–water partition coefficient (Wildman–Crippen LogP) is 6.91. The number of hydrazone groups is 1. The normalized spacial score (nSPS) is 18.1. The molecule has 0 saturated heterocycles. The van der Waals surface area contributed by atoms with Gasteiger partial charge in [-0.25, -0.2) is 5.01 Å². The topological polar surface area (TPSA) is 52.5 Å². The minimum Gasteiger partial charge on any atom is -0.494 e. The van der Waals surface area contributed by atoms with Crippen molar-refractivity contribution in [3.05, 3.63) is 83.4 Å². The molecule has 188 valence electrons. The van der Waals surface area contributed by atoms with Crippen LogP contribution in [0.2, 0.25) is 0 Å². The Morgan fingerprint density at radius 2 is 1.78 bits per heavy atom. The van der Waals surface area contributed by atoms with Crippen molar-refractivity contribution in [2.24, 2.45) is 5.10 Å². The number of para-hydroxylation sites is 1. The molecule has 36 heavy (non-hydrogen) atoms. The van der Waals surface area contributed by atoms with Gasteiger partial charge < -0.3 is 18.9 Å². The number of fused-ring (bicyclic) bond motifs is 3. The molecule has 0 saturated carbocycles. The molecule has 0 fully saturated rings. The van der Waals surface area contributed by atoms with E-state index in [1.165, 1.54) is 0 Å². The van der Waals surface area contributed by atoms with E-state index < -0.39 is 0 Å². The van der Waals surface area contributed by atoms with E-state index in [1.807, 2.05) is 43.3 Å². The van der Waals surface area contributed by atoms with Gasteiger partial charge >= 0.3 is 0 Å². The predicted molar refractivity (Wildman–Crippen MR) is 141 cm³/mol. The maximum atomic E-state index is 6.52. The van der Waals surface area contributed by atoms with E-state index in [4.69, 9.17) is 24.0 Å². The van der Waals surface area contributed by atoms with E-state index in [1.54, 1.807) is 7.11 Å². The monoisotopic (exact) mass is 486 g/mol. The fourth-order valence-electron chi connectivity index (χ4n) is 4.83. The van der Waals surface area contributed by atoms with Crippen molar-refractivity contribution in [1.82, 2.24) is 5.01 Å². The summed E-state index contributed by atoms with van der Waals surface area (Å²) in [7, 11) is 1.68. The third-order valence-electron chi connectivity index (χ3n) is 6.68. The molecular formula is C30H34N2O4. The molecule has 0 N–H and O–H groups in total. The maximum absolute atomic E-state index is 6.52. The first-order valence-corrected chi connectivity index (χ1v) is 12.9. The van der Waals surface area contributed by atoms with Crippen LogP contribution in [0.4, 0.5) is 0 Å². The van der Waals surface area contributed by atoms with Crippen LogP contribution in [0.25, 0.3) is 0 Å². The SMILES string of the molecule is CCCCCOc1ccc([C@@H]2Oc3ccccc3[C@@H]3CC(c4ccc(OCC)cc4)=NN32)cc1OC. The minimum atomic E-state index is -0.367. The number of rotatable bonds is 10. The fourth-order valence-corrected chi connectivity index (χ4v) is 4.83. The summed E-state index contributed by atoms with van der Waals surface area (Å²) in [6, 6.07) is 22.6. The van der Waals surface area contributed by atoms with E-state index in [9.17, 15) is 0 Å². The average Bonchev–Trinajstić information content (AvgIpc) is 3.37. The van der Waals surface area contributed by atoms with Crippen molar-refractivity contribution in [3.8, 4) is 23.0 Å². The van der Waals surface area contributed by atoms with Crippen LogP contribution in [0.15, 0.2) is 71.8 Å². The Morgan fingerprint density at radius 1 is 0.944 bits per heavy atom. The molecule has 0 radical (unpaired) electrons. The number of benzene rings is 3. The van der Waals surface area contributed by atoms with Crippen LogP contribution in [-0.4, -0.2) is 31.0 Å². The van der Waals surface area contributed by atoms with Gasteiger partial charge in [0.1, 0.15) is 11.5 Å². The summed E-state index contributed by atoms with van der Waals surface area (Å²) < 4.78 is 23.8. The van der Waals surface area contributed by atoms with Crippen molar-refractivity contribution < 1.29 is 18.9 Å². The molecule has 5 rings (SSSR count). The van der Waals surface area contributed by atoms with Crippen molar-refractivity contribution in [1.29, 1.82) is 0 Å². The summed E-state index contributed by atoms with van der Waals surface area (Å²) in [6.45, 7) is 5.51. The third-order valence-corrected chi connectivity index (χ3v) is 6.68. The maximum Gasteiger partial charge on any atom is 0.214 e. The summed E-state index contributed by atoms with van der Waals surface area (Å²) in [5, 5.41) is 7.16. The second kappa shape index (κ2) is 10.9. The quantitative estimate of drug-likeness (QED) is 0.292. The average molecular weight is 487 g/mol. The lowest BCUT2D eigenvalue weighted by Crippen LogP contribution is -2.33. The van der Waals surface area contributed by atoms with Crippen LogP contribution < -0.4 is 18.9 Å². The van der Waals surface area contributed by atoms with E-state index in [2.05, 4.69) is 42.3 Å². The van der Waals surface area contributed by atoms with Gasteiger partial charge in [-0.2, -0.15) is 5.10 Å². The van der Waals surface area contributed by atoms with Gasteiger partial charge in [0.2, 0.25) is 6.23 Å². The second-order valence-corrected chi connectivity index (χ2v) is 9.08. The van der Waals surface area contributed by atoms with Gasteiger partial charge in [0.05, 0.1) is 32.1 Å². The number of methoxy groups -OCH3 is 1. The van der Waals surface area contributed by atoms with Gasteiger partial charge in [-0.15, -0.1) is 0 Å². The number of nitrogens with zero attached hydrogens (tertiary/aromatic N) is 2. The standard InChI is InChI=1S/C30H34N2O4/c1-4-6-9-18-35-28-17-14-22(19-29(28)33-3)30-32-26(24-10-7-8-11-27(24)36-30)20-25(31-32)21-12-15-23(16-13-21)34-5-2/h7-8,10-17,19,26,30H,4-6,9,18,20H2,1-3H3/t26-,30-/m0/s1. The zero-order valence-electron chi connectivity index (χ0n) is 21.3. The Kier molecular flexibility index (Phi) is 7.31. The number of unbranched alkanes of at least 4 members (excludes halogenated alkanes) is 2. The van der Waals surface area contributed by atoms with Crippen molar-refractivity contribution >= 4 is 5.71 Å². The summed E-state index contributed by atoms with van der Waals surface area (Å²) in [4.78, 5) is 0. The van der Waals surface area contributed by atoms with E-state index in [0.717, 1.165) is 65.3 Å². The lowest BCUT2D eigenvalue weighted by molar-refractivity contribution is -0.0191. The van der Waals surface area contributed by atoms with Crippen LogP contribution in [-0.2, 0) is 0 Å². The van der Waals surface area contributed by atoms with Crippen LogP contribution in [0.5, 0.6) is 23.0 Å². The van der Waals surface area contributed by atoms with Crippen molar-refractivity contribution in [2.75, 3.05) is 20.3 Å². The molecule has 0 spiro atoms. The van der Waals surface area contributed by atoms with Gasteiger partial charge in [0.25, 0.3) is 0 Å². The van der Waals surface area contributed by atoms with Gasteiger partial charge in [0.15, 0.2) is 11.5 Å². The van der Waals surface area contributed by atoms with Gasteiger partial charge in [-0.05, 0) is 67.4 Å². The van der Waals surface area contributed by atoms with Crippen LogP contribution >= 0.6 is 0 Å². The molecule has 0 aliphatic carbocycles. The molecule has 0 unspecified atom stereocenters. The molecule has 0 bridgehead atoms. The molecule has 2 heterocycles. The summed E-state index contributed by atoms with van der Waals surface area (Å²) in [6.07, 6.45) is 3.79. The molecule has 0 aromatic heterocycles. The highest BCUT2D eigenvalue weighted by molar-refractivity contribution is 6.02. The smallest absolute Gasteiger partial charge is 0.214 e. The fraction of sp³-hybridized carbons (Fsp3) is 0.367. The first kappa shape index (κ1) is 24.0. The van der Waals surface area contributed by atoms with E-state index >= 15 is 0 Å². The Bertz CT molecular complexity index is 1210. The Hall–Kier alpha value is -3.67. The second-order valence-electron chi connectivity index (χ2n) is 9.08. The van der Waals surface area contributed by atoms with Crippen molar-refractivity contribution in [2.45, 2.75) is 51.8 Å². The molecule has 6 heteroatoms. The number of ether oxygens (including phenoxy) is 4. The summed E-state index contributed by atoms with van der Waals surface area (Å²) in [5.74, 6) is 3.22. The molecule has 0 amide bonds. The Labute approximate surface area is 213 Å². The molecule has 2 atom stereocenters. The third kappa shape index (κ3) is 4.85. The highest BCUT2D eigenvalue weighted by Gasteiger charge is 2.41. The molecular weight excluding hydrogens is 452 g/mol. The first-order valence-electron chi connectivity index (χ1n) is 12.9. The first-order chi connectivity index (χ1) is 17.7. The Morgan fingerprint density at radius 3 is 2.56 bits per heavy atom. The van der Waals surface area contributed by atoms with Gasteiger partial charge in [0, 0.05) is 17.5 Å². The minimum absolute atomic E-state index is 0.0949. The van der Waals surface area contributed by atoms with Crippen LogP contribution in [0.1, 0.15) is 68.5 Å². The van der Waals surface area contributed by atoms with Gasteiger partial charge in [-0.3, -0.25) is 0 Å². The largest absolute Gasteiger partial charge is 0.494 e.